The van der Waals surface area contributed by atoms with Crippen molar-refractivity contribution in [1.82, 2.24) is 0 Å². The maximum atomic E-state index is 13.1. The van der Waals surface area contributed by atoms with Crippen molar-refractivity contribution in [3.63, 3.8) is 0 Å². The van der Waals surface area contributed by atoms with Crippen LogP contribution in [0.25, 0.3) is 0 Å². The first-order valence-electron chi connectivity index (χ1n) is 10.4. The fourth-order valence-electron chi connectivity index (χ4n) is 3.86. The van der Waals surface area contributed by atoms with Gasteiger partial charge in [0.15, 0.2) is 0 Å². The van der Waals surface area contributed by atoms with Crippen LogP contribution in [0.5, 0.6) is 0 Å². The van der Waals surface area contributed by atoms with Gasteiger partial charge >= 0.3 is 11.9 Å². The molecule has 1 fully saturated rings. The summed E-state index contributed by atoms with van der Waals surface area (Å²) in [5, 5.41) is 0. The van der Waals surface area contributed by atoms with Crippen LogP contribution in [0, 0.1) is 11.3 Å². The Bertz CT molecular complexity index is 596. The Kier molecular flexibility index (Phi) is 8.33. The molecular formula is C23H34O4. The third kappa shape index (κ3) is 5.82. The molecule has 0 radical (unpaired) electrons. The predicted molar refractivity (Wildman–Crippen MR) is 106 cm³/mol. The zero-order valence-corrected chi connectivity index (χ0v) is 17.0. The zero-order valence-electron chi connectivity index (χ0n) is 17.0. The lowest BCUT2D eigenvalue weighted by Crippen LogP contribution is -2.42. The third-order valence-corrected chi connectivity index (χ3v) is 5.40. The molecule has 2 atom stereocenters. The monoisotopic (exact) mass is 374 g/mol. The van der Waals surface area contributed by atoms with Crippen LogP contribution in [0.3, 0.4) is 0 Å². The molecular weight excluding hydrogens is 340 g/mol. The molecule has 4 nitrogen and oxygen atoms in total. The van der Waals surface area contributed by atoms with Gasteiger partial charge in [0.2, 0.25) is 0 Å². The molecule has 1 aromatic rings. The van der Waals surface area contributed by atoms with Crippen molar-refractivity contribution < 1.29 is 19.1 Å². The van der Waals surface area contributed by atoms with Gasteiger partial charge < -0.3 is 9.47 Å². The Morgan fingerprint density at radius 2 is 1.89 bits per heavy atom. The minimum absolute atomic E-state index is 0.184. The van der Waals surface area contributed by atoms with Crippen LogP contribution in [0.2, 0.25) is 0 Å². The number of hydrogen-bond donors (Lipinski definition) is 0. The molecule has 0 N–H and O–H groups in total. The Morgan fingerprint density at radius 3 is 2.56 bits per heavy atom. The normalized spacial score (nSPS) is 22.0. The van der Waals surface area contributed by atoms with Crippen molar-refractivity contribution in [2.45, 2.75) is 78.2 Å². The number of carbonyl (C=O) groups is 2. The zero-order chi connectivity index (χ0) is 19.7. The van der Waals surface area contributed by atoms with Crippen molar-refractivity contribution in [1.29, 1.82) is 0 Å². The van der Waals surface area contributed by atoms with Crippen LogP contribution < -0.4 is 0 Å². The topological polar surface area (TPSA) is 52.6 Å². The Labute approximate surface area is 163 Å². The molecule has 27 heavy (non-hydrogen) atoms. The van der Waals surface area contributed by atoms with Gasteiger partial charge in [0.05, 0.1) is 12.2 Å². The number of rotatable bonds is 10. The van der Waals surface area contributed by atoms with E-state index in [1.807, 2.05) is 32.0 Å². The summed E-state index contributed by atoms with van der Waals surface area (Å²) < 4.78 is 11.5. The fourth-order valence-corrected chi connectivity index (χ4v) is 3.86. The number of esters is 2. The highest BCUT2D eigenvalue weighted by Gasteiger charge is 2.52. The van der Waals surface area contributed by atoms with Crippen LogP contribution in [-0.4, -0.2) is 24.6 Å². The van der Waals surface area contributed by atoms with E-state index in [-0.39, 0.29) is 17.9 Å². The van der Waals surface area contributed by atoms with E-state index in [4.69, 9.17) is 9.47 Å². The third-order valence-electron chi connectivity index (χ3n) is 5.40. The summed E-state index contributed by atoms with van der Waals surface area (Å²) in [5.74, 6) is -0.244. The molecule has 0 bridgehead atoms. The average molecular weight is 375 g/mol. The van der Waals surface area contributed by atoms with E-state index < -0.39 is 11.5 Å². The highest BCUT2D eigenvalue weighted by Crippen LogP contribution is 2.46. The van der Waals surface area contributed by atoms with Crippen molar-refractivity contribution >= 4 is 11.9 Å². The van der Waals surface area contributed by atoms with E-state index in [1.54, 1.807) is 12.1 Å². The number of unbranched alkanes of at least 4 members (excludes halogenated alkanes) is 3. The maximum absolute atomic E-state index is 13.1. The minimum atomic E-state index is -0.687. The molecule has 0 aromatic heterocycles. The lowest BCUT2D eigenvalue weighted by Gasteiger charge is -2.33. The molecule has 1 aliphatic rings. The lowest BCUT2D eigenvalue weighted by atomic mass is 9.78. The molecule has 0 amide bonds. The Hall–Kier alpha value is -1.84. The number of hydrogen-bond acceptors (Lipinski definition) is 4. The summed E-state index contributed by atoms with van der Waals surface area (Å²) >= 11 is 0. The van der Waals surface area contributed by atoms with Crippen LogP contribution >= 0.6 is 0 Å². The van der Waals surface area contributed by atoms with Gasteiger partial charge in [0, 0.05) is 0 Å². The highest BCUT2D eigenvalue weighted by molar-refractivity contribution is 5.90. The molecule has 0 saturated heterocycles. The molecule has 2 unspecified atom stereocenters. The molecule has 1 aliphatic carbocycles. The first-order chi connectivity index (χ1) is 13.0. The average Bonchev–Trinajstić information content (AvgIpc) is 3.07. The van der Waals surface area contributed by atoms with Crippen molar-refractivity contribution in [3.05, 3.63) is 35.9 Å². The first-order valence-corrected chi connectivity index (χ1v) is 10.4. The smallest absolute Gasteiger partial charge is 0.338 e. The van der Waals surface area contributed by atoms with Crippen LogP contribution in [0.1, 0.15) is 82.5 Å². The van der Waals surface area contributed by atoms with Gasteiger partial charge in [-0.3, -0.25) is 4.79 Å². The second kappa shape index (κ2) is 10.5. The number of ether oxygens (including phenoxy) is 2. The second-order valence-electron chi connectivity index (χ2n) is 8.11. The Balaban J connectivity index is 2.13. The van der Waals surface area contributed by atoms with Crippen molar-refractivity contribution in [2.75, 3.05) is 6.61 Å². The lowest BCUT2D eigenvalue weighted by molar-refractivity contribution is -0.163. The van der Waals surface area contributed by atoms with Crippen LogP contribution in [0.15, 0.2) is 30.3 Å². The molecule has 0 aliphatic heterocycles. The molecule has 1 aromatic carbocycles. The molecule has 0 spiro atoms. The highest BCUT2D eigenvalue weighted by atomic mass is 16.6. The van der Waals surface area contributed by atoms with E-state index in [9.17, 15) is 9.59 Å². The summed E-state index contributed by atoms with van der Waals surface area (Å²) in [7, 11) is 0. The summed E-state index contributed by atoms with van der Waals surface area (Å²) in [4.78, 5) is 25.6. The van der Waals surface area contributed by atoms with Crippen molar-refractivity contribution in [2.24, 2.45) is 11.3 Å². The molecule has 2 rings (SSSR count). The molecule has 1 saturated carbocycles. The standard InChI is InChI=1S/C23H34O4/c1-4-5-6-10-15-23(22(25)26-17-18(2)3)16-11-14-20(23)27-21(24)19-12-8-7-9-13-19/h7-9,12-13,18,20H,4-6,10-11,14-17H2,1-3H3. The van der Waals surface area contributed by atoms with E-state index in [0.29, 0.717) is 12.2 Å². The van der Waals surface area contributed by atoms with Crippen molar-refractivity contribution in [3.8, 4) is 0 Å². The minimum Gasteiger partial charge on any atom is -0.465 e. The van der Waals surface area contributed by atoms with Crippen LogP contribution in [0.4, 0.5) is 0 Å². The van der Waals surface area contributed by atoms with E-state index in [0.717, 1.165) is 51.4 Å². The van der Waals surface area contributed by atoms with Crippen LogP contribution in [-0.2, 0) is 14.3 Å². The summed E-state index contributed by atoms with van der Waals surface area (Å²) in [6.07, 6.45) is 7.05. The summed E-state index contributed by atoms with van der Waals surface area (Å²) in [5.41, 5.74) is -0.160. The van der Waals surface area contributed by atoms with Gasteiger partial charge in [-0.1, -0.05) is 64.7 Å². The van der Waals surface area contributed by atoms with Gasteiger partial charge in [-0.2, -0.15) is 0 Å². The van der Waals surface area contributed by atoms with Gasteiger partial charge in [-0.25, -0.2) is 4.79 Å². The van der Waals surface area contributed by atoms with E-state index in [2.05, 4.69) is 6.92 Å². The second-order valence-corrected chi connectivity index (χ2v) is 8.11. The predicted octanol–water partition coefficient (Wildman–Crippen LogP) is 5.55. The van der Waals surface area contributed by atoms with Gasteiger partial charge in [-0.05, 0) is 43.7 Å². The number of benzene rings is 1. The summed E-state index contributed by atoms with van der Waals surface area (Å²) in [6, 6.07) is 9.00. The molecule has 0 heterocycles. The first kappa shape index (κ1) is 21.5. The maximum Gasteiger partial charge on any atom is 0.338 e. The van der Waals surface area contributed by atoms with E-state index >= 15 is 0 Å². The largest absolute Gasteiger partial charge is 0.465 e. The Morgan fingerprint density at radius 1 is 1.15 bits per heavy atom. The number of carbonyl (C=O) groups excluding carboxylic acids is 2. The van der Waals surface area contributed by atoms with Gasteiger partial charge in [0.1, 0.15) is 11.5 Å². The van der Waals surface area contributed by atoms with E-state index in [1.165, 1.54) is 0 Å². The quantitative estimate of drug-likeness (QED) is 0.398. The summed E-state index contributed by atoms with van der Waals surface area (Å²) in [6.45, 7) is 6.65. The van der Waals surface area contributed by atoms with Gasteiger partial charge in [0.25, 0.3) is 0 Å². The van der Waals surface area contributed by atoms with Gasteiger partial charge in [-0.15, -0.1) is 0 Å². The molecule has 4 heteroatoms. The molecule has 150 valence electrons. The fraction of sp³-hybridized carbons (Fsp3) is 0.652. The SMILES string of the molecule is CCCCCCC1(C(=O)OCC(C)C)CCCC1OC(=O)c1ccccc1.